The summed E-state index contributed by atoms with van der Waals surface area (Å²) in [5.74, 6) is -1.47. The molecule has 0 bridgehead atoms. The van der Waals surface area contributed by atoms with Crippen LogP contribution in [0.1, 0.15) is 36.2 Å². The SMILES string of the molecule is COc1c(N2C[C@@H](N)[C@@H](C)C2)c(F)cc2c(=O)c(C(=O)O)cn(C3CC3)c12. The van der Waals surface area contributed by atoms with Crippen LogP contribution >= 0.6 is 0 Å². The van der Waals surface area contributed by atoms with Gasteiger partial charge in [0, 0.05) is 31.4 Å². The number of nitrogens with zero attached hydrogens (tertiary/aromatic N) is 2. The van der Waals surface area contributed by atoms with Gasteiger partial charge in [-0.2, -0.15) is 0 Å². The lowest BCUT2D eigenvalue weighted by Crippen LogP contribution is -2.29. The van der Waals surface area contributed by atoms with E-state index in [-0.39, 0.29) is 40.4 Å². The van der Waals surface area contributed by atoms with Crippen molar-refractivity contribution in [3.63, 3.8) is 0 Å². The van der Waals surface area contributed by atoms with Crippen LogP contribution in [0.15, 0.2) is 17.1 Å². The molecule has 0 unspecified atom stereocenters. The van der Waals surface area contributed by atoms with Gasteiger partial charge in [0.15, 0.2) is 11.6 Å². The van der Waals surface area contributed by atoms with Crippen molar-refractivity contribution in [1.82, 2.24) is 4.57 Å². The zero-order chi connectivity index (χ0) is 19.5. The molecule has 7 nitrogen and oxygen atoms in total. The molecule has 3 N–H and O–H groups in total. The zero-order valence-corrected chi connectivity index (χ0v) is 15.2. The van der Waals surface area contributed by atoms with Crippen molar-refractivity contribution in [1.29, 1.82) is 0 Å². The standard InChI is InChI=1S/C19H22FN3O4/c1-9-6-22(8-14(9)21)16-13(20)5-11-15(18(16)27-2)23(10-3-4-10)7-12(17(11)24)19(25)26/h5,7,9-10,14H,3-4,6,8,21H2,1-2H3,(H,25,26)/t9-,14+/m0/s1. The average Bonchev–Trinajstić information content (AvgIpc) is 3.40. The van der Waals surface area contributed by atoms with Crippen molar-refractivity contribution < 1.29 is 19.0 Å². The first-order valence-corrected chi connectivity index (χ1v) is 9.02. The molecule has 1 aromatic heterocycles. The molecule has 2 aliphatic rings. The van der Waals surface area contributed by atoms with E-state index in [0.29, 0.717) is 18.6 Å². The first-order valence-electron chi connectivity index (χ1n) is 9.02. The molecule has 27 heavy (non-hydrogen) atoms. The van der Waals surface area contributed by atoms with E-state index in [0.717, 1.165) is 18.9 Å². The first-order chi connectivity index (χ1) is 12.8. The predicted molar refractivity (Wildman–Crippen MR) is 99.3 cm³/mol. The van der Waals surface area contributed by atoms with Crippen LogP contribution in [0.3, 0.4) is 0 Å². The predicted octanol–water partition coefficient (Wildman–Crippen LogP) is 1.97. The number of carboxylic acid groups (broad SMARTS) is 1. The summed E-state index contributed by atoms with van der Waals surface area (Å²) in [6.45, 7) is 3.08. The van der Waals surface area contributed by atoms with Gasteiger partial charge in [-0.3, -0.25) is 4.79 Å². The molecule has 0 amide bonds. The van der Waals surface area contributed by atoms with Crippen molar-refractivity contribution >= 4 is 22.6 Å². The largest absolute Gasteiger partial charge is 0.492 e. The first kappa shape index (κ1) is 17.8. The highest BCUT2D eigenvalue weighted by atomic mass is 19.1. The molecule has 0 radical (unpaired) electrons. The Kier molecular flexibility index (Phi) is 4.10. The fourth-order valence-electron chi connectivity index (χ4n) is 3.90. The van der Waals surface area contributed by atoms with Crippen LogP contribution in [-0.4, -0.2) is 41.9 Å². The van der Waals surface area contributed by atoms with Gasteiger partial charge in [0.1, 0.15) is 11.3 Å². The maximum Gasteiger partial charge on any atom is 0.341 e. The van der Waals surface area contributed by atoms with Gasteiger partial charge in [0.2, 0.25) is 5.43 Å². The number of ether oxygens (including phenoxy) is 1. The molecule has 8 heteroatoms. The fraction of sp³-hybridized carbons (Fsp3) is 0.474. The van der Waals surface area contributed by atoms with Crippen LogP contribution in [0.25, 0.3) is 10.9 Å². The smallest absolute Gasteiger partial charge is 0.341 e. The van der Waals surface area contributed by atoms with Crippen LogP contribution in [0.4, 0.5) is 10.1 Å². The fourth-order valence-corrected chi connectivity index (χ4v) is 3.90. The second-order valence-corrected chi connectivity index (χ2v) is 7.50. The number of methoxy groups -OCH3 is 1. The van der Waals surface area contributed by atoms with Crippen molar-refractivity contribution in [3.8, 4) is 5.75 Å². The number of fused-ring (bicyclic) bond motifs is 1. The van der Waals surface area contributed by atoms with E-state index in [4.69, 9.17) is 10.5 Å². The van der Waals surface area contributed by atoms with E-state index in [2.05, 4.69) is 0 Å². The highest BCUT2D eigenvalue weighted by Gasteiger charge is 2.34. The van der Waals surface area contributed by atoms with Gasteiger partial charge in [-0.25, -0.2) is 9.18 Å². The molecule has 1 aliphatic carbocycles. The highest BCUT2D eigenvalue weighted by Crippen LogP contribution is 2.44. The van der Waals surface area contributed by atoms with Gasteiger partial charge >= 0.3 is 5.97 Å². The number of hydrogen-bond donors (Lipinski definition) is 2. The molecular formula is C19H22FN3O4. The number of pyridine rings is 1. The number of aromatic carboxylic acids is 1. The highest BCUT2D eigenvalue weighted by molar-refractivity contribution is 5.97. The Morgan fingerprint density at radius 3 is 2.59 bits per heavy atom. The van der Waals surface area contributed by atoms with Crippen LogP contribution in [0, 0.1) is 11.7 Å². The lowest BCUT2D eigenvalue weighted by Gasteiger charge is -2.24. The number of nitrogens with two attached hydrogens (primary N) is 1. The summed E-state index contributed by atoms with van der Waals surface area (Å²) in [5.41, 5.74) is 5.76. The van der Waals surface area contributed by atoms with Crippen LogP contribution < -0.4 is 20.8 Å². The molecule has 4 rings (SSSR count). The average molecular weight is 375 g/mol. The number of halogens is 1. The molecule has 144 valence electrons. The Balaban J connectivity index is 2.04. The number of hydrogen-bond acceptors (Lipinski definition) is 5. The Labute approximate surface area is 155 Å². The van der Waals surface area contributed by atoms with Gasteiger partial charge < -0.3 is 25.0 Å². The minimum absolute atomic E-state index is 0.0245. The lowest BCUT2D eigenvalue weighted by molar-refractivity contribution is 0.0695. The lowest BCUT2D eigenvalue weighted by atomic mass is 10.1. The monoisotopic (exact) mass is 375 g/mol. The maximum absolute atomic E-state index is 15.1. The third-order valence-corrected chi connectivity index (χ3v) is 5.56. The molecule has 1 aliphatic heterocycles. The van der Waals surface area contributed by atoms with Crippen LogP contribution in [-0.2, 0) is 0 Å². The third-order valence-electron chi connectivity index (χ3n) is 5.56. The summed E-state index contributed by atoms with van der Waals surface area (Å²) in [6, 6.07) is 1.14. The quantitative estimate of drug-likeness (QED) is 0.848. The molecule has 1 aromatic carbocycles. The van der Waals surface area contributed by atoms with Gasteiger partial charge in [-0.15, -0.1) is 0 Å². The van der Waals surface area contributed by atoms with Crippen LogP contribution in [0.5, 0.6) is 5.75 Å². The van der Waals surface area contributed by atoms with E-state index in [1.807, 2.05) is 11.8 Å². The van der Waals surface area contributed by atoms with E-state index in [1.165, 1.54) is 13.3 Å². The molecule has 0 spiro atoms. The van der Waals surface area contributed by atoms with Crippen molar-refractivity contribution in [2.45, 2.75) is 31.8 Å². The van der Waals surface area contributed by atoms with Crippen molar-refractivity contribution in [3.05, 3.63) is 33.9 Å². The molecule has 2 heterocycles. The number of carbonyl (C=O) groups is 1. The Bertz CT molecular complexity index is 989. The number of benzene rings is 1. The maximum atomic E-state index is 15.1. The number of carboxylic acids is 1. The minimum atomic E-state index is -1.32. The number of rotatable bonds is 4. The molecule has 2 atom stereocenters. The summed E-state index contributed by atoms with van der Waals surface area (Å²) < 4.78 is 22.4. The molecule has 1 saturated heterocycles. The second kappa shape index (κ2) is 6.23. The molecular weight excluding hydrogens is 353 g/mol. The normalized spacial score (nSPS) is 22.4. The van der Waals surface area contributed by atoms with Crippen molar-refractivity contribution in [2.75, 3.05) is 25.1 Å². The van der Waals surface area contributed by atoms with Crippen LogP contribution in [0.2, 0.25) is 0 Å². The Hall–Kier alpha value is -2.61. The summed E-state index contributed by atoms with van der Waals surface area (Å²) in [6.07, 6.45) is 3.10. The van der Waals surface area contributed by atoms with E-state index < -0.39 is 17.2 Å². The molecule has 1 saturated carbocycles. The summed E-state index contributed by atoms with van der Waals surface area (Å²) in [4.78, 5) is 26.0. The van der Waals surface area contributed by atoms with E-state index >= 15 is 4.39 Å². The second-order valence-electron chi connectivity index (χ2n) is 7.50. The third kappa shape index (κ3) is 2.75. The number of aromatic nitrogens is 1. The topological polar surface area (TPSA) is 97.8 Å². The zero-order valence-electron chi connectivity index (χ0n) is 15.2. The van der Waals surface area contributed by atoms with Gasteiger partial charge in [0.05, 0.1) is 18.0 Å². The minimum Gasteiger partial charge on any atom is -0.492 e. The van der Waals surface area contributed by atoms with E-state index in [1.54, 1.807) is 4.57 Å². The van der Waals surface area contributed by atoms with E-state index in [9.17, 15) is 14.7 Å². The van der Waals surface area contributed by atoms with Gasteiger partial charge in [0.25, 0.3) is 0 Å². The molecule has 2 fully saturated rings. The van der Waals surface area contributed by atoms with Gasteiger partial charge in [-0.1, -0.05) is 6.92 Å². The van der Waals surface area contributed by atoms with Gasteiger partial charge in [-0.05, 0) is 24.8 Å². The number of anilines is 1. The Morgan fingerprint density at radius 2 is 2.07 bits per heavy atom. The molecule has 2 aromatic rings. The summed E-state index contributed by atoms with van der Waals surface area (Å²) >= 11 is 0. The summed E-state index contributed by atoms with van der Waals surface area (Å²) in [7, 11) is 1.43. The van der Waals surface area contributed by atoms with Crippen molar-refractivity contribution in [2.24, 2.45) is 11.7 Å². The summed E-state index contributed by atoms with van der Waals surface area (Å²) in [5, 5.41) is 9.40. The Morgan fingerprint density at radius 1 is 1.37 bits per heavy atom.